The third-order valence-corrected chi connectivity index (χ3v) is 7.66. The van der Waals surface area contributed by atoms with Crippen LogP contribution in [0.2, 0.25) is 0 Å². The van der Waals surface area contributed by atoms with E-state index in [-0.39, 0.29) is 11.3 Å². The minimum absolute atomic E-state index is 0.240. The summed E-state index contributed by atoms with van der Waals surface area (Å²) in [6.07, 6.45) is 13.8. The zero-order valence-electron chi connectivity index (χ0n) is 18.4. The molecular formula is C26H34N4O. The third kappa shape index (κ3) is 4.62. The number of benzene rings is 1. The van der Waals surface area contributed by atoms with Crippen LogP contribution in [0.5, 0.6) is 0 Å². The van der Waals surface area contributed by atoms with E-state index in [1.54, 1.807) is 5.57 Å². The average Bonchev–Trinajstić information content (AvgIpc) is 3.32. The number of amides is 1. The van der Waals surface area contributed by atoms with Gasteiger partial charge < -0.3 is 5.32 Å². The highest BCUT2D eigenvalue weighted by molar-refractivity contribution is 5.82. The Morgan fingerprint density at radius 3 is 2.81 bits per heavy atom. The van der Waals surface area contributed by atoms with Crippen LogP contribution in [0.25, 0.3) is 11.3 Å². The molecule has 5 rings (SSSR count). The quantitative estimate of drug-likeness (QED) is 0.642. The molecule has 2 N–H and O–H groups in total. The number of H-pyrrole nitrogens is 1. The Morgan fingerprint density at radius 1 is 1.19 bits per heavy atom. The first-order chi connectivity index (χ1) is 15.2. The molecule has 1 saturated carbocycles. The van der Waals surface area contributed by atoms with Crippen molar-refractivity contribution >= 4 is 5.91 Å². The molecule has 5 heteroatoms. The van der Waals surface area contributed by atoms with E-state index >= 15 is 0 Å². The number of hydrogen-bond donors (Lipinski definition) is 2. The topological polar surface area (TPSA) is 61.0 Å². The van der Waals surface area contributed by atoms with Gasteiger partial charge in [0.15, 0.2) is 0 Å². The van der Waals surface area contributed by atoms with Gasteiger partial charge in [-0.25, -0.2) is 0 Å². The number of likely N-dealkylation sites (tertiary alicyclic amines) is 1. The summed E-state index contributed by atoms with van der Waals surface area (Å²) in [5.41, 5.74) is 5.37. The second kappa shape index (κ2) is 8.99. The predicted molar refractivity (Wildman–Crippen MR) is 123 cm³/mol. The summed E-state index contributed by atoms with van der Waals surface area (Å²) < 4.78 is 0. The van der Waals surface area contributed by atoms with Crippen LogP contribution >= 0.6 is 0 Å². The smallest absolute Gasteiger partial charge is 0.223 e. The molecule has 31 heavy (non-hydrogen) atoms. The van der Waals surface area contributed by atoms with Gasteiger partial charge in [-0.05, 0) is 75.4 Å². The molecule has 0 bridgehead atoms. The first kappa shape index (κ1) is 20.5. The number of aromatic nitrogens is 2. The lowest BCUT2D eigenvalue weighted by Gasteiger charge is -2.32. The average molecular weight is 419 g/mol. The fourth-order valence-corrected chi connectivity index (χ4v) is 5.56. The number of hydrogen-bond acceptors (Lipinski definition) is 3. The zero-order chi connectivity index (χ0) is 21.1. The van der Waals surface area contributed by atoms with Crippen LogP contribution in [0.15, 0.2) is 48.2 Å². The molecule has 2 aromatic rings. The molecule has 1 unspecified atom stereocenters. The van der Waals surface area contributed by atoms with Crippen molar-refractivity contribution < 1.29 is 4.79 Å². The van der Waals surface area contributed by atoms with Crippen molar-refractivity contribution in [2.45, 2.75) is 57.9 Å². The molecular weight excluding hydrogens is 384 g/mol. The molecule has 1 saturated heterocycles. The lowest BCUT2D eigenvalue weighted by Crippen LogP contribution is -2.37. The van der Waals surface area contributed by atoms with Gasteiger partial charge in [-0.15, -0.1) is 0 Å². The maximum absolute atomic E-state index is 12.7. The molecule has 1 amide bonds. The summed E-state index contributed by atoms with van der Waals surface area (Å²) in [7, 11) is 0. The molecule has 1 spiro atoms. The highest BCUT2D eigenvalue weighted by atomic mass is 16.2. The highest BCUT2D eigenvalue weighted by Crippen LogP contribution is 2.59. The van der Waals surface area contributed by atoms with Crippen LogP contribution in [0.3, 0.4) is 0 Å². The van der Waals surface area contributed by atoms with E-state index in [0.717, 1.165) is 57.6 Å². The molecule has 1 aromatic heterocycles. The maximum Gasteiger partial charge on any atom is 0.223 e. The largest absolute Gasteiger partial charge is 0.356 e. The van der Waals surface area contributed by atoms with Crippen LogP contribution in [0.4, 0.5) is 0 Å². The van der Waals surface area contributed by atoms with E-state index in [4.69, 9.17) is 0 Å². The van der Waals surface area contributed by atoms with Crippen molar-refractivity contribution in [2.75, 3.05) is 19.6 Å². The van der Waals surface area contributed by atoms with E-state index in [0.29, 0.717) is 5.91 Å². The molecule has 0 radical (unpaired) electrons. The van der Waals surface area contributed by atoms with Gasteiger partial charge in [0.25, 0.3) is 0 Å². The summed E-state index contributed by atoms with van der Waals surface area (Å²) in [4.78, 5) is 15.2. The van der Waals surface area contributed by atoms with Crippen molar-refractivity contribution in [1.29, 1.82) is 0 Å². The number of nitrogens with zero attached hydrogens (tertiary/aromatic N) is 2. The summed E-state index contributed by atoms with van der Waals surface area (Å²) >= 11 is 0. The minimum atomic E-state index is 0.240. The van der Waals surface area contributed by atoms with Crippen LogP contribution < -0.4 is 5.32 Å². The number of carbonyl (C=O) groups is 1. The zero-order valence-corrected chi connectivity index (χ0v) is 18.4. The Labute approximate surface area is 185 Å². The minimum Gasteiger partial charge on any atom is -0.356 e. The summed E-state index contributed by atoms with van der Waals surface area (Å²) in [6.45, 7) is 3.86. The van der Waals surface area contributed by atoms with Gasteiger partial charge in [0, 0.05) is 24.6 Å². The Kier molecular flexibility index (Phi) is 5.95. The Hall–Kier alpha value is -2.40. The van der Waals surface area contributed by atoms with Gasteiger partial charge >= 0.3 is 0 Å². The Balaban J connectivity index is 1.09. The van der Waals surface area contributed by atoms with Crippen molar-refractivity contribution in [3.8, 4) is 11.3 Å². The number of rotatable bonds is 7. The number of piperidine rings is 1. The molecule has 1 aliphatic heterocycles. The van der Waals surface area contributed by atoms with E-state index in [2.05, 4.69) is 50.8 Å². The maximum atomic E-state index is 12.7. The molecule has 1 aromatic carbocycles. The van der Waals surface area contributed by atoms with E-state index in [1.807, 2.05) is 12.3 Å². The summed E-state index contributed by atoms with van der Waals surface area (Å²) in [5.74, 6) is 0.537. The number of carbonyl (C=O) groups excluding carboxylic acids is 1. The van der Waals surface area contributed by atoms with Crippen molar-refractivity contribution in [3.05, 3.63) is 53.7 Å². The second-order valence-corrected chi connectivity index (χ2v) is 9.68. The van der Waals surface area contributed by atoms with Gasteiger partial charge in [-0.3, -0.25) is 14.8 Å². The summed E-state index contributed by atoms with van der Waals surface area (Å²) in [6, 6.07) is 10.4. The normalized spacial score (nSPS) is 22.8. The Bertz CT molecular complexity index is 924. The number of nitrogens with one attached hydrogen (secondary N) is 2. The van der Waals surface area contributed by atoms with Gasteiger partial charge in [0.05, 0.1) is 11.9 Å². The number of aromatic amines is 1. The first-order valence-electron chi connectivity index (χ1n) is 12.0. The predicted octanol–water partition coefficient (Wildman–Crippen LogP) is 4.69. The second-order valence-electron chi connectivity index (χ2n) is 9.68. The molecule has 2 fully saturated rings. The van der Waals surface area contributed by atoms with Crippen molar-refractivity contribution in [2.24, 2.45) is 11.3 Å². The third-order valence-electron chi connectivity index (χ3n) is 7.66. The van der Waals surface area contributed by atoms with E-state index in [9.17, 15) is 4.79 Å². The Morgan fingerprint density at radius 2 is 2.03 bits per heavy atom. The lowest BCUT2D eigenvalue weighted by atomic mass is 9.90. The molecule has 2 aliphatic carbocycles. The molecule has 5 nitrogen and oxygen atoms in total. The van der Waals surface area contributed by atoms with E-state index < -0.39 is 0 Å². The van der Waals surface area contributed by atoms with Crippen molar-refractivity contribution in [3.63, 3.8) is 0 Å². The molecule has 2 heterocycles. The molecule has 3 aliphatic rings. The van der Waals surface area contributed by atoms with Crippen LogP contribution in [-0.2, 0) is 11.3 Å². The highest BCUT2D eigenvalue weighted by Gasteiger charge is 2.58. The first-order valence-corrected chi connectivity index (χ1v) is 12.0. The van der Waals surface area contributed by atoms with Crippen LogP contribution in [-0.4, -0.2) is 40.6 Å². The summed E-state index contributed by atoms with van der Waals surface area (Å²) in [5, 5.41) is 10.7. The number of allylic oxidation sites excluding steroid dienone is 1. The van der Waals surface area contributed by atoms with E-state index in [1.165, 1.54) is 36.8 Å². The SMILES string of the molecule is O=C(NCCC1=CCCCC1)C1CC12CCN(Cc1cn[nH]c1-c1ccccc1)CC2. The standard InChI is InChI=1S/C26H34N4O/c31-25(27-14-11-20-7-3-1-4-8-20)23-17-26(23)12-15-30(16-13-26)19-22-18-28-29-24(22)21-9-5-2-6-10-21/h2,5-7,9-10,18,23H,1,3-4,8,11-17,19H2,(H,27,31)(H,28,29). The van der Waals surface area contributed by atoms with Gasteiger partial charge in [-0.1, -0.05) is 42.0 Å². The van der Waals surface area contributed by atoms with Crippen LogP contribution in [0.1, 0.15) is 56.9 Å². The lowest BCUT2D eigenvalue weighted by molar-refractivity contribution is -0.123. The fraction of sp³-hybridized carbons (Fsp3) is 0.538. The van der Waals surface area contributed by atoms with Crippen LogP contribution in [0, 0.1) is 11.3 Å². The van der Waals surface area contributed by atoms with Gasteiger partial charge in [0.1, 0.15) is 0 Å². The van der Waals surface area contributed by atoms with Gasteiger partial charge in [0.2, 0.25) is 5.91 Å². The van der Waals surface area contributed by atoms with Gasteiger partial charge in [-0.2, -0.15) is 5.10 Å². The monoisotopic (exact) mass is 418 g/mol. The van der Waals surface area contributed by atoms with Crippen molar-refractivity contribution in [1.82, 2.24) is 20.4 Å². The molecule has 1 atom stereocenters. The molecule has 164 valence electrons. The fourth-order valence-electron chi connectivity index (χ4n) is 5.56.